The molecular formula is C35H27N2O4+. The van der Waals surface area contributed by atoms with Crippen molar-refractivity contribution < 1.29 is 22.9 Å². The Balaban J connectivity index is 1.27. The summed E-state index contributed by atoms with van der Waals surface area (Å²) < 4.78 is 21.9. The summed E-state index contributed by atoms with van der Waals surface area (Å²) in [4.78, 5) is 13.2. The summed E-state index contributed by atoms with van der Waals surface area (Å²) in [6.07, 6.45) is 4.12. The first-order valence-electron chi connectivity index (χ1n) is 13.5. The van der Waals surface area contributed by atoms with Crippen LogP contribution in [0, 0.1) is 0 Å². The van der Waals surface area contributed by atoms with Crippen LogP contribution in [0.2, 0.25) is 0 Å². The van der Waals surface area contributed by atoms with Gasteiger partial charge in [0, 0.05) is 16.3 Å². The molecule has 0 N–H and O–H groups in total. The summed E-state index contributed by atoms with van der Waals surface area (Å²) in [5, 5.41) is 2.07. The van der Waals surface area contributed by atoms with Crippen LogP contribution in [0.5, 0.6) is 5.75 Å². The first-order chi connectivity index (χ1) is 20.2. The van der Waals surface area contributed by atoms with E-state index in [-0.39, 0.29) is 12.3 Å². The van der Waals surface area contributed by atoms with Gasteiger partial charge in [-0.25, -0.2) is 9.13 Å². The van der Waals surface area contributed by atoms with E-state index in [1.54, 1.807) is 19.2 Å². The van der Waals surface area contributed by atoms with E-state index in [0.717, 1.165) is 55.8 Å². The number of carbonyl (C=O) groups excluding carboxylic acids is 1. The molecule has 0 radical (unpaired) electrons. The number of ether oxygens (including phenoxy) is 1. The normalized spacial score (nSPS) is 11.3. The Morgan fingerprint density at radius 2 is 1.41 bits per heavy atom. The Hall–Kier alpha value is -5.36. The lowest BCUT2D eigenvalue weighted by Gasteiger charge is -2.02. The molecule has 0 aliphatic carbocycles. The van der Waals surface area contributed by atoms with E-state index in [1.807, 2.05) is 89.8 Å². The van der Waals surface area contributed by atoms with E-state index < -0.39 is 0 Å². The fourth-order valence-corrected chi connectivity index (χ4v) is 5.28. The number of Topliss-reactive ketones (excluding diaryl/α,β-unsaturated/α-hetero) is 1. The molecule has 3 aromatic heterocycles. The van der Waals surface area contributed by atoms with Crippen LogP contribution < -0.4 is 9.30 Å². The van der Waals surface area contributed by atoms with Crippen molar-refractivity contribution in [3.63, 3.8) is 0 Å². The fraction of sp³-hybridized carbons (Fsp3) is 0.0857. The summed E-state index contributed by atoms with van der Waals surface area (Å²) in [6, 6.07) is 35.4. The summed E-state index contributed by atoms with van der Waals surface area (Å²) >= 11 is 0. The van der Waals surface area contributed by atoms with Crippen molar-refractivity contribution >= 4 is 44.3 Å². The number of aromatic nitrogens is 2. The standard InChI is InChI=1S/C35H27N2O4/c1-39-27-16-14-24(15-17-27)31(38)22-37-23-36(29-10-4-5-11-30(29)37)19-18-28(34-20-25-8-2-6-12-32(25)40-34)35-21-26-9-3-7-13-33(26)41-35/h2-18,20-21,23H,19,22H2,1H3/q+1. The quantitative estimate of drug-likeness (QED) is 0.149. The lowest BCUT2D eigenvalue weighted by Crippen LogP contribution is -2.36. The molecule has 3 heterocycles. The van der Waals surface area contributed by atoms with E-state index >= 15 is 0 Å². The third kappa shape index (κ3) is 4.70. The number of rotatable bonds is 8. The van der Waals surface area contributed by atoms with Gasteiger partial charge in [-0.1, -0.05) is 48.5 Å². The Labute approximate surface area is 236 Å². The molecule has 0 aliphatic heterocycles. The molecule has 0 aliphatic rings. The van der Waals surface area contributed by atoms with Crippen LogP contribution in [-0.2, 0) is 13.1 Å². The highest BCUT2D eigenvalue weighted by Gasteiger charge is 2.20. The Kier molecular flexibility index (Phi) is 6.21. The van der Waals surface area contributed by atoms with Crippen molar-refractivity contribution in [2.24, 2.45) is 0 Å². The maximum Gasteiger partial charge on any atom is 0.245 e. The number of benzene rings is 4. The minimum atomic E-state index is 0.0290. The van der Waals surface area contributed by atoms with Gasteiger partial charge in [0.25, 0.3) is 0 Å². The van der Waals surface area contributed by atoms with Gasteiger partial charge in [-0.15, -0.1) is 0 Å². The zero-order valence-corrected chi connectivity index (χ0v) is 22.5. The molecule has 200 valence electrons. The monoisotopic (exact) mass is 539 g/mol. The van der Waals surface area contributed by atoms with Crippen LogP contribution in [0.15, 0.2) is 130 Å². The molecule has 41 heavy (non-hydrogen) atoms. The van der Waals surface area contributed by atoms with Gasteiger partial charge < -0.3 is 13.6 Å². The molecule has 0 saturated carbocycles. The molecule has 7 rings (SSSR count). The molecule has 6 nitrogen and oxygen atoms in total. The number of furan rings is 2. The number of imidazole rings is 1. The van der Waals surface area contributed by atoms with Crippen molar-refractivity contribution in [3.8, 4) is 5.75 Å². The fourth-order valence-electron chi connectivity index (χ4n) is 5.28. The number of carbonyl (C=O) groups is 1. The predicted molar refractivity (Wildman–Crippen MR) is 159 cm³/mol. The second-order valence-electron chi connectivity index (χ2n) is 9.95. The number of fused-ring (bicyclic) bond motifs is 3. The molecule has 4 aromatic carbocycles. The van der Waals surface area contributed by atoms with Crippen LogP contribution in [0.25, 0.3) is 38.5 Å². The molecule has 0 fully saturated rings. The van der Waals surface area contributed by atoms with Crippen LogP contribution in [0.3, 0.4) is 0 Å². The van der Waals surface area contributed by atoms with E-state index in [2.05, 4.69) is 28.8 Å². The highest BCUT2D eigenvalue weighted by molar-refractivity contribution is 5.95. The van der Waals surface area contributed by atoms with E-state index in [4.69, 9.17) is 13.6 Å². The van der Waals surface area contributed by atoms with E-state index in [1.165, 1.54) is 0 Å². The van der Waals surface area contributed by atoms with Crippen molar-refractivity contribution in [2.45, 2.75) is 13.1 Å². The molecule has 0 spiro atoms. The predicted octanol–water partition coefficient (Wildman–Crippen LogP) is 7.44. The Morgan fingerprint density at radius 1 is 0.805 bits per heavy atom. The average Bonchev–Trinajstić information content (AvgIpc) is 3.73. The summed E-state index contributed by atoms with van der Waals surface area (Å²) in [7, 11) is 1.61. The van der Waals surface area contributed by atoms with Gasteiger partial charge in [-0.3, -0.25) is 4.79 Å². The third-order valence-corrected chi connectivity index (χ3v) is 7.38. The summed E-state index contributed by atoms with van der Waals surface area (Å²) in [6.45, 7) is 0.775. The van der Waals surface area contributed by atoms with Gasteiger partial charge in [-0.05, 0) is 66.7 Å². The summed E-state index contributed by atoms with van der Waals surface area (Å²) in [5.41, 5.74) is 5.18. The Morgan fingerprint density at radius 3 is 2.05 bits per heavy atom. The molecule has 6 heteroatoms. The van der Waals surface area contributed by atoms with Gasteiger partial charge >= 0.3 is 0 Å². The van der Waals surface area contributed by atoms with Gasteiger partial charge in [-0.2, -0.15) is 0 Å². The number of allylic oxidation sites excluding steroid dienone is 1. The van der Waals surface area contributed by atoms with Gasteiger partial charge in [0.05, 0.1) is 12.7 Å². The van der Waals surface area contributed by atoms with Crippen LogP contribution in [0.1, 0.15) is 21.9 Å². The van der Waals surface area contributed by atoms with E-state index in [9.17, 15) is 4.79 Å². The SMILES string of the molecule is COc1ccc(C(=O)C[n+]2cn(CC=C(c3cc4ccccc4o3)c3cc4ccccc4o3)c3ccccc32)cc1. The van der Waals surface area contributed by atoms with Crippen LogP contribution in [0.4, 0.5) is 0 Å². The van der Waals surface area contributed by atoms with Gasteiger partial charge in [0.1, 0.15) is 35.0 Å². The molecule has 0 atom stereocenters. The molecule has 0 bridgehead atoms. The first-order valence-corrected chi connectivity index (χ1v) is 13.5. The molecule has 0 unspecified atom stereocenters. The maximum absolute atomic E-state index is 13.2. The number of ketones is 1. The van der Waals surface area contributed by atoms with Crippen molar-refractivity contribution in [1.29, 1.82) is 0 Å². The number of hydrogen-bond acceptors (Lipinski definition) is 4. The highest BCUT2D eigenvalue weighted by Crippen LogP contribution is 2.33. The van der Waals surface area contributed by atoms with Gasteiger partial charge in [0.15, 0.2) is 17.6 Å². The lowest BCUT2D eigenvalue weighted by molar-refractivity contribution is -0.657. The van der Waals surface area contributed by atoms with Crippen molar-refractivity contribution in [3.05, 3.63) is 139 Å². The maximum atomic E-state index is 13.2. The second kappa shape index (κ2) is 10.3. The minimum Gasteiger partial charge on any atom is -0.497 e. The zero-order valence-electron chi connectivity index (χ0n) is 22.5. The third-order valence-electron chi connectivity index (χ3n) is 7.38. The van der Waals surface area contributed by atoms with Crippen molar-refractivity contribution in [2.75, 3.05) is 7.11 Å². The molecular weight excluding hydrogens is 512 g/mol. The number of nitrogens with zero attached hydrogens (tertiary/aromatic N) is 2. The molecule has 0 amide bonds. The van der Waals surface area contributed by atoms with Gasteiger partial charge in [0.2, 0.25) is 12.1 Å². The Bertz CT molecular complexity index is 1920. The van der Waals surface area contributed by atoms with Crippen LogP contribution in [-0.4, -0.2) is 17.5 Å². The number of hydrogen-bond donors (Lipinski definition) is 0. The number of para-hydroxylation sites is 4. The largest absolute Gasteiger partial charge is 0.497 e. The topological polar surface area (TPSA) is 61.4 Å². The minimum absolute atomic E-state index is 0.0290. The highest BCUT2D eigenvalue weighted by atomic mass is 16.5. The average molecular weight is 540 g/mol. The first kappa shape index (κ1) is 24.7. The van der Waals surface area contributed by atoms with Crippen LogP contribution >= 0.6 is 0 Å². The van der Waals surface area contributed by atoms with E-state index in [0.29, 0.717) is 12.1 Å². The molecule has 0 saturated heterocycles. The smallest absolute Gasteiger partial charge is 0.245 e. The molecule has 7 aromatic rings. The summed E-state index contributed by atoms with van der Waals surface area (Å²) in [5.74, 6) is 2.23. The zero-order chi connectivity index (χ0) is 27.8. The lowest BCUT2D eigenvalue weighted by atomic mass is 10.1. The second-order valence-corrected chi connectivity index (χ2v) is 9.95. The number of methoxy groups -OCH3 is 1. The van der Waals surface area contributed by atoms with Crippen molar-refractivity contribution in [1.82, 2.24) is 4.57 Å².